The van der Waals surface area contributed by atoms with E-state index >= 15 is 0 Å². The quantitative estimate of drug-likeness (QED) is 0.448. The zero-order chi connectivity index (χ0) is 20.1. The number of imide groups is 1. The first kappa shape index (κ1) is 20.9. The van der Waals surface area contributed by atoms with Crippen molar-refractivity contribution in [2.24, 2.45) is 5.92 Å². The van der Waals surface area contributed by atoms with Crippen molar-refractivity contribution < 1.29 is 23.9 Å². The summed E-state index contributed by atoms with van der Waals surface area (Å²) in [6.45, 7) is 0.258. The maximum atomic E-state index is 12.8. The van der Waals surface area contributed by atoms with Crippen LogP contribution in [0.25, 0.3) is 6.08 Å². The predicted molar refractivity (Wildman–Crippen MR) is 111 cm³/mol. The number of benzene rings is 1. The van der Waals surface area contributed by atoms with Crippen LogP contribution >= 0.6 is 27.7 Å². The number of rotatable bonds is 6. The van der Waals surface area contributed by atoms with Crippen LogP contribution in [0.5, 0.6) is 5.75 Å². The number of methoxy groups -OCH3 is 1. The Kier molecular flexibility index (Phi) is 7.18. The highest BCUT2D eigenvalue weighted by Crippen LogP contribution is 2.36. The molecule has 3 rings (SSSR count). The fourth-order valence-corrected chi connectivity index (χ4v) is 4.60. The molecule has 0 unspecified atom stereocenters. The van der Waals surface area contributed by atoms with Gasteiger partial charge in [0.25, 0.3) is 11.1 Å². The van der Waals surface area contributed by atoms with Crippen LogP contribution in [0.1, 0.15) is 37.7 Å². The molecule has 2 aliphatic rings. The van der Waals surface area contributed by atoms with Gasteiger partial charge in [-0.1, -0.05) is 35.2 Å². The molecule has 0 aromatic heterocycles. The molecule has 0 atom stereocenters. The molecule has 1 aromatic rings. The third-order valence-electron chi connectivity index (χ3n) is 4.87. The van der Waals surface area contributed by atoms with Crippen LogP contribution in [0.15, 0.2) is 27.6 Å². The smallest absolute Gasteiger partial charge is 0.343 e. The van der Waals surface area contributed by atoms with E-state index in [4.69, 9.17) is 4.74 Å². The molecule has 1 aliphatic carbocycles. The van der Waals surface area contributed by atoms with Crippen molar-refractivity contribution in [2.45, 2.75) is 32.1 Å². The van der Waals surface area contributed by atoms with Crippen LogP contribution < -0.4 is 4.74 Å². The molecule has 8 heteroatoms. The number of thioether (sulfide) groups is 1. The zero-order valence-corrected chi connectivity index (χ0v) is 18.0. The summed E-state index contributed by atoms with van der Waals surface area (Å²) < 4.78 is 10.9. The summed E-state index contributed by atoms with van der Waals surface area (Å²) in [5, 5.41) is -0.228. The van der Waals surface area contributed by atoms with E-state index in [-0.39, 0.29) is 17.8 Å². The van der Waals surface area contributed by atoms with Crippen molar-refractivity contribution in [2.75, 3.05) is 20.3 Å². The van der Waals surface area contributed by atoms with Gasteiger partial charge in [-0.25, -0.2) is 4.79 Å². The van der Waals surface area contributed by atoms with Crippen LogP contribution in [0.4, 0.5) is 4.79 Å². The van der Waals surface area contributed by atoms with Gasteiger partial charge in [0.05, 0.1) is 12.0 Å². The Balaban J connectivity index is 1.77. The Morgan fingerprint density at radius 2 is 2.04 bits per heavy atom. The second kappa shape index (κ2) is 9.60. The lowest BCUT2D eigenvalue weighted by Gasteiger charge is -2.25. The molecular weight excluding hydrogens is 446 g/mol. The largest absolute Gasteiger partial charge is 0.481 e. The van der Waals surface area contributed by atoms with Gasteiger partial charge in [-0.05, 0) is 54.8 Å². The van der Waals surface area contributed by atoms with Crippen molar-refractivity contribution in [1.82, 2.24) is 4.90 Å². The predicted octanol–water partition coefficient (Wildman–Crippen LogP) is 4.62. The first-order valence-corrected chi connectivity index (χ1v) is 10.8. The third-order valence-corrected chi connectivity index (χ3v) is 6.27. The lowest BCUT2D eigenvalue weighted by Crippen LogP contribution is -2.34. The second-order valence-electron chi connectivity index (χ2n) is 6.84. The highest BCUT2D eigenvalue weighted by Gasteiger charge is 2.36. The Morgan fingerprint density at radius 1 is 1.29 bits per heavy atom. The molecule has 0 N–H and O–H groups in total. The Bertz CT molecular complexity index is 804. The highest BCUT2D eigenvalue weighted by molar-refractivity contribution is 9.10. The fraction of sp³-hybridized carbons (Fsp3) is 0.450. The molecule has 150 valence electrons. The number of carbonyl (C=O) groups is 3. The summed E-state index contributed by atoms with van der Waals surface area (Å²) in [5.41, 5.74) is 0.612. The van der Waals surface area contributed by atoms with Crippen molar-refractivity contribution in [3.8, 4) is 5.75 Å². The Labute approximate surface area is 176 Å². The highest BCUT2D eigenvalue weighted by atomic mass is 79.9. The van der Waals surface area contributed by atoms with E-state index in [9.17, 15) is 14.4 Å². The van der Waals surface area contributed by atoms with E-state index in [0.29, 0.717) is 28.7 Å². The first-order chi connectivity index (χ1) is 13.5. The average Bonchev–Trinajstić information content (AvgIpc) is 2.95. The number of carbonyl (C=O) groups excluding carboxylic acids is 3. The molecule has 2 amide bonds. The summed E-state index contributed by atoms with van der Waals surface area (Å²) in [4.78, 5) is 38.3. The number of hydrogen-bond acceptors (Lipinski definition) is 6. The lowest BCUT2D eigenvalue weighted by molar-refractivity contribution is -0.142. The maximum absolute atomic E-state index is 12.8. The Hall–Kier alpha value is -1.80. The second-order valence-corrected chi connectivity index (χ2v) is 8.75. The molecule has 0 spiro atoms. The Morgan fingerprint density at radius 3 is 2.75 bits per heavy atom. The maximum Gasteiger partial charge on any atom is 0.343 e. The van der Waals surface area contributed by atoms with Gasteiger partial charge in [-0.3, -0.25) is 14.5 Å². The van der Waals surface area contributed by atoms with E-state index in [1.165, 1.54) is 18.4 Å². The summed E-state index contributed by atoms with van der Waals surface area (Å²) in [6.07, 6.45) is 7.33. The summed E-state index contributed by atoms with van der Waals surface area (Å²) in [5.74, 6) is 0.0697. The number of hydrogen-bond donors (Lipinski definition) is 0. The first-order valence-electron chi connectivity index (χ1n) is 9.22. The number of amides is 2. The van der Waals surface area contributed by atoms with Gasteiger partial charge in [0, 0.05) is 16.6 Å². The average molecular weight is 468 g/mol. The minimum atomic E-state index is -0.498. The number of esters is 1. The summed E-state index contributed by atoms with van der Waals surface area (Å²) in [7, 11) is 1.29. The standard InChI is InChI=1S/C20H22BrNO5S/c1-26-18(23)12-27-16-8-7-15(21)9-14(16)10-17-19(24)22(20(25)28-17)11-13-5-3-2-4-6-13/h7-10,13H,2-6,11-12H2,1H3/b17-10+. The van der Waals surface area contributed by atoms with Gasteiger partial charge in [0.2, 0.25) is 0 Å². The van der Waals surface area contributed by atoms with Crippen molar-refractivity contribution in [1.29, 1.82) is 0 Å². The molecule has 28 heavy (non-hydrogen) atoms. The molecule has 1 saturated carbocycles. The molecule has 2 fully saturated rings. The molecular formula is C20H22BrNO5S. The molecule has 6 nitrogen and oxygen atoms in total. The third kappa shape index (κ3) is 5.17. The molecule has 1 aromatic carbocycles. The zero-order valence-electron chi connectivity index (χ0n) is 15.6. The monoisotopic (exact) mass is 467 g/mol. The van der Waals surface area contributed by atoms with Gasteiger partial charge < -0.3 is 9.47 Å². The van der Waals surface area contributed by atoms with Gasteiger partial charge >= 0.3 is 5.97 Å². The minimum absolute atomic E-state index is 0.228. The molecule has 1 aliphatic heterocycles. The van der Waals surface area contributed by atoms with Gasteiger partial charge in [-0.2, -0.15) is 0 Å². The van der Waals surface area contributed by atoms with Crippen LogP contribution in [-0.2, 0) is 14.3 Å². The van der Waals surface area contributed by atoms with Crippen molar-refractivity contribution in [3.05, 3.63) is 33.1 Å². The van der Waals surface area contributed by atoms with E-state index in [0.717, 1.165) is 41.9 Å². The fourth-order valence-electron chi connectivity index (χ4n) is 3.39. The van der Waals surface area contributed by atoms with Crippen LogP contribution in [0.2, 0.25) is 0 Å². The molecule has 0 bridgehead atoms. The summed E-state index contributed by atoms with van der Waals surface area (Å²) in [6, 6.07) is 5.26. The van der Waals surface area contributed by atoms with Crippen molar-refractivity contribution in [3.63, 3.8) is 0 Å². The van der Waals surface area contributed by atoms with Crippen LogP contribution in [0.3, 0.4) is 0 Å². The van der Waals surface area contributed by atoms with Crippen LogP contribution in [-0.4, -0.2) is 42.3 Å². The topological polar surface area (TPSA) is 72.9 Å². The molecule has 0 radical (unpaired) electrons. The number of ether oxygens (including phenoxy) is 2. The molecule has 1 saturated heterocycles. The SMILES string of the molecule is COC(=O)COc1ccc(Br)cc1/C=C1/SC(=O)N(CC2CCCCC2)C1=O. The van der Waals surface area contributed by atoms with E-state index in [2.05, 4.69) is 20.7 Å². The van der Waals surface area contributed by atoms with Crippen molar-refractivity contribution >= 4 is 50.9 Å². The lowest BCUT2D eigenvalue weighted by atomic mass is 9.89. The van der Waals surface area contributed by atoms with E-state index < -0.39 is 5.97 Å². The number of halogens is 1. The van der Waals surface area contributed by atoms with E-state index in [1.54, 1.807) is 24.3 Å². The van der Waals surface area contributed by atoms with E-state index in [1.807, 2.05) is 0 Å². The minimum Gasteiger partial charge on any atom is -0.481 e. The van der Waals surface area contributed by atoms with Crippen LogP contribution in [0, 0.1) is 5.92 Å². The molecule has 1 heterocycles. The number of nitrogens with zero attached hydrogens (tertiary/aromatic N) is 1. The summed E-state index contributed by atoms with van der Waals surface area (Å²) >= 11 is 4.34. The van der Waals surface area contributed by atoms with Gasteiger partial charge in [0.1, 0.15) is 5.75 Å². The normalized spacial score (nSPS) is 19.4. The van der Waals surface area contributed by atoms with Gasteiger partial charge in [-0.15, -0.1) is 0 Å². The van der Waals surface area contributed by atoms with Gasteiger partial charge in [0.15, 0.2) is 6.61 Å².